The molecule has 0 bridgehead atoms. The Kier molecular flexibility index (Phi) is 3.99. The second kappa shape index (κ2) is 5.34. The Hall–Kier alpha value is -0.980. The summed E-state index contributed by atoms with van der Waals surface area (Å²) >= 11 is 0. The van der Waals surface area contributed by atoms with Gasteiger partial charge in [0.25, 0.3) is 0 Å². The summed E-state index contributed by atoms with van der Waals surface area (Å²) in [5.74, 6) is -0.429. The van der Waals surface area contributed by atoms with Crippen molar-refractivity contribution in [2.24, 2.45) is 0 Å². The highest BCUT2D eigenvalue weighted by molar-refractivity contribution is 7.89. The van der Waals surface area contributed by atoms with E-state index in [2.05, 4.69) is 5.32 Å². The molecule has 6 heteroatoms. The smallest absolute Gasteiger partial charge is 0.243 e. The van der Waals surface area contributed by atoms with E-state index in [1.54, 1.807) is 7.05 Å². The molecule has 0 radical (unpaired) electrons. The predicted octanol–water partition coefficient (Wildman–Crippen LogP) is 1.20. The minimum Gasteiger partial charge on any atom is -0.318 e. The van der Waals surface area contributed by atoms with Crippen molar-refractivity contribution in [3.8, 4) is 0 Å². The molecule has 100 valence electrons. The summed E-state index contributed by atoms with van der Waals surface area (Å²) < 4.78 is 39.2. The summed E-state index contributed by atoms with van der Waals surface area (Å²) in [7, 11) is -1.71. The van der Waals surface area contributed by atoms with Crippen molar-refractivity contribution in [2.45, 2.75) is 23.8 Å². The Morgan fingerprint density at radius 2 is 1.94 bits per heavy atom. The normalized spacial score (nSPS) is 16.2. The van der Waals surface area contributed by atoms with Gasteiger partial charge in [-0.2, -0.15) is 4.31 Å². The van der Waals surface area contributed by atoms with Gasteiger partial charge in [0.05, 0.1) is 4.90 Å². The summed E-state index contributed by atoms with van der Waals surface area (Å²) in [5, 5.41) is 2.95. The summed E-state index contributed by atoms with van der Waals surface area (Å²) in [6.07, 6.45) is 1.81. The highest BCUT2D eigenvalue weighted by atomic mass is 32.2. The van der Waals surface area contributed by atoms with Gasteiger partial charge in [0.15, 0.2) is 0 Å². The van der Waals surface area contributed by atoms with E-state index in [1.807, 2.05) is 0 Å². The van der Waals surface area contributed by atoms with Crippen LogP contribution in [0.25, 0.3) is 0 Å². The second-order valence-corrected chi connectivity index (χ2v) is 6.29. The Bertz CT molecular complexity index is 497. The van der Waals surface area contributed by atoms with Gasteiger partial charge in [0.1, 0.15) is 5.82 Å². The highest BCUT2D eigenvalue weighted by Gasteiger charge is 2.37. The van der Waals surface area contributed by atoms with E-state index in [0.29, 0.717) is 13.1 Å². The number of rotatable bonds is 6. The summed E-state index contributed by atoms with van der Waals surface area (Å²) in [6, 6.07) is 5.10. The Morgan fingerprint density at radius 3 is 2.44 bits per heavy atom. The van der Waals surface area contributed by atoms with Crippen molar-refractivity contribution >= 4 is 10.0 Å². The Labute approximate surface area is 107 Å². The lowest BCUT2D eigenvalue weighted by Gasteiger charge is -2.21. The van der Waals surface area contributed by atoms with E-state index in [-0.39, 0.29) is 10.9 Å². The SMILES string of the molecule is CNCCN(C1CC1)S(=O)(=O)c1ccc(F)cc1. The zero-order chi connectivity index (χ0) is 13.2. The molecule has 0 unspecified atom stereocenters. The van der Waals surface area contributed by atoms with E-state index in [0.717, 1.165) is 12.8 Å². The number of sulfonamides is 1. The second-order valence-electron chi connectivity index (χ2n) is 4.40. The lowest BCUT2D eigenvalue weighted by Crippen LogP contribution is -2.37. The van der Waals surface area contributed by atoms with Crippen LogP contribution in [0.4, 0.5) is 4.39 Å². The van der Waals surface area contributed by atoms with Gasteiger partial charge in [0.2, 0.25) is 10.0 Å². The molecule has 1 aliphatic carbocycles. The maximum atomic E-state index is 12.8. The van der Waals surface area contributed by atoms with E-state index in [9.17, 15) is 12.8 Å². The average molecular weight is 272 g/mol. The number of benzene rings is 1. The third kappa shape index (κ3) is 2.88. The van der Waals surface area contributed by atoms with Crippen LogP contribution in [0.5, 0.6) is 0 Å². The largest absolute Gasteiger partial charge is 0.318 e. The number of nitrogens with zero attached hydrogens (tertiary/aromatic N) is 1. The third-order valence-electron chi connectivity index (χ3n) is 2.96. The van der Waals surface area contributed by atoms with Crippen LogP contribution in [0.3, 0.4) is 0 Å². The molecule has 18 heavy (non-hydrogen) atoms. The topological polar surface area (TPSA) is 49.4 Å². The zero-order valence-corrected chi connectivity index (χ0v) is 11.1. The van der Waals surface area contributed by atoms with Crippen molar-refractivity contribution in [1.29, 1.82) is 0 Å². The quantitative estimate of drug-likeness (QED) is 0.846. The van der Waals surface area contributed by atoms with Gasteiger partial charge < -0.3 is 5.32 Å². The van der Waals surface area contributed by atoms with Gasteiger partial charge in [-0.1, -0.05) is 0 Å². The fourth-order valence-corrected chi connectivity index (χ4v) is 3.51. The molecule has 0 saturated heterocycles. The minimum atomic E-state index is -3.50. The van der Waals surface area contributed by atoms with Crippen LogP contribution in [0.2, 0.25) is 0 Å². The summed E-state index contributed by atoms with van der Waals surface area (Å²) in [6.45, 7) is 1.05. The van der Waals surface area contributed by atoms with Crippen molar-refractivity contribution in [2.75, 3.05) is 20.1 Å². The van der Waals surface area contributed by atoms with E-state index >= 15 is 0 Å². The molecule has 0 atom stereocenters. The van der Waals surface area contributed by atoms with Gasteiger partial charge in [-0.05, 0) is 44.2 Å². The first kappa shape index (κ1) is 13.5. The molecular weight excluding hydrogens is 255 g/mol. The van der Waals surface area contributed by atoms with E-state index in [1.165, 1.54) is 28.6 Å². The molecule has 1 aromatic rings. The fourth-order valence-electron chi connectivity index (χ4n) is 1.83. The number of hydrogen-bond acceptors (Lipinski definition) is 3. The van der Waals surface area contributed by atoms with Crippen molar-refractivity contribution < 1.29 is 12.8 Å². The molecule has 2 rings (SSSR count). The van der Waals surface area contributed by atoms with Gasteiger partial charge in [-0.25, -0.2) is 12.8 Å². The molecule has 1 aromatic carbocycles. The maximum Gasteiger partial charge on any atom is 0.243 e. The van der Waals surface area contributed by atoms with Crippen LogP contribution in [-0.2, 0) is 10.0 Å². The van der Waals surface area contributed by atoms with Crippen molar-refractivity contribution in [3.05, 3.63) is 30.1 Å². The van der Waals surface area contributed by atoms with Gasteiger partial charge in [-0.3, -0.25) is 0 Å². The monoisotopic (exact) mass is 272 g/mol. The first-order valence-corrected chi connectivity index (χ1v) is 7.41. The highest BCUT2D eigenvalue weighted by Crippen LogP contribution is 2.31. The molecule has 0 aliphatic heterocycles. The van der Waals surface area contributed by atoms with Crippen LogP contribution in [0.15, 0.2) is 29.2 Å². The fraction of sp³-hybridized carbons (Fsp3) is 0.500. The maximum absolute atomic E-state index is 12.8. The molecule has 1 fully saturated rings. The van der Waals surface area contributed by atoms with Gasteiger partial charge >= 0.3 is 0 Å². The molecule has 0 spiro atoms. The number of halogens is 1. The first-order valence-electron chi connectivity index (χ1n) is 5.97. The average Bonchev–Trinajstić information content (AvgIpc) is 3.14. The molecule has 1 aliphatic rings. The van der Waals surface area contributed by atoms with Crippen LogP contribution >= 0.6 is 0 Å². The zero-order valence-electron chi connectivity index (χ0n) is 10.3. The van der Waals surface area contributed by atoms with Crippen LogP contribution in [-0.4, -0.2) is 38.9 Å². The van der Waals surface area contributed by atoms with Crippen LogP contribution in [0.1, 0.15) is 12.8 Å². The Balaban J connectivity index is 2.24. The molecule has 1 N–H and O–H groups in total. The molecule has 0 aromatic heterocycles. The van der Waals surface area contributed by atoms with Crippen LogP contribution in [0, 0.1) is 5.82 Å². The minimum absolute atomic E-state index is 0.105. The van der Waals surface area contributed by atoms with Crippen molar-refractivity contribution in [3.63, 3.8) is 0 Å². The molecule has 1 saturated carbocycles. The van der Waals surface area contributed by atoms with E-state index < -0.39 is 15.8 Å². The summed E-state index contributed by atoms with van der Waals surface area (Å²) in [4.78, 5) is 0.159. The van der Waals surface area contributed by atoms with Gasteiger partial charge in [-0.15, -0.1) is 0 Å². The molecule has 0 heterocycles. The number of hydrogen-bond donors (Lipinski definition) is 1. The lowest BCUT2D eigenvalue weighted by molar-refractivity contribution is 0.402. The standard InChI is InChI=1S/C12H17FN2O2S/c1-14-8-9-15(11-4-5-11)18(16,17)12-6-2-10(13)3-7-12/h2-3,6-7,11,14H,4-5,8-9H2,1H3. The summed E-state index contributed by atoms with van der Waals surface area (Å²) in [5.41, 5.74) is 0. The third-order valence-corrected chi connectivity index (χ3v) is 4.92. The van der Waals surface area contributed by atoms with Crippen molar-refractivity contribution in [1.82, 2.24) is 9.62 Å². The Morgan fingerprint density at radius 1 is 1.33 bits per heavy atom. The van der Waals surface area contributed by atoms with Crippen LogP contribution < -0.4 is 5.32 Å². The number of nitrogens with one attached hydrogen (secondary N) is 1. The molecular formula is C12H17FN2O2S. The molecule has 0 amide bonds. The first-order chi connectivity index (χ1) is 8.55. The van der Waals surface area contributed by atoms with E-state index in [4.69, 9.17) is 0 Å². The number of likely N-dealkylation sites (N-methyl/N-ethyl adjacent to an activating group) is 1. The predicted molar refractivity (Wildman–Crippen MR) is 67.2 cm³/mol. The van der Waals surface area contributed by atoms with Gasteiger partial charge in [0, 0.05) is 19.1 Å². The molecule has 4 nitrogen and oxygen atoms in total. The lowest BCUT2D eigenvalue weighted by atomic mass is 10.4.